The van der Waals surface area contributed by atoms with Crippen molar-refractivity contribution in [3.05, 3.63) is 29.8 Å². The van der Waals surface area contributed by atoms with Gasteiger partial charge in [-0.05, 0) is 31.0 Å². The maximum absolute atomic E-state index is 12.4. The Morgan fingerprint density at radius 3 is 2.79 bits per heavy atom. The van der Waals surface area contributed by atoms with E-state index in [0.29, 0.717) is 36.9 Å². The topological polar surface area (TPSA) is 75.7 Å². The fourth-order valence-corrected chi connectivity index (χ4v) is 2.75. The van der Waals surface area contributed by atoms with Crippen molar-refractivity contribution in [2.24, 2.45) is 11.8 Å². The van der Waals surface area contributed by atoms with Crippen molar-refractivity contribution in [2.45, 2.75) is 27.2 Å². The van der Waals surface area contributed by atoms with Crippen LogP contribution in [0.5, 0.6) is 0 Å². The second kappa shape index (κ2) is 7.95. The predicted octanol–water partition coefficient (Wildman–Crippen LogP) is 2.31. The summed E-state index contributed by atoms with van der Waals surface area (Å²) in [4.78, 5) is 37.9. The van der Waals surface area contributed by atoms with Gasteiger partial charge in [-0.15, -0.1) is 0 Å². The molecule has 0 aliphatic carbocycles. The Balaban J connectivity index is 1.99. The fourth-order valence-electron chi connectivity index (χ4n) is 2.75. The number of esters is 1. The molecule has 2 amide bonds. The van der Waals surface area contributed by atoms with Gasteiger partial charge in [0.25, 0.3) is 0 Å². The third kappa shape index (κ3) is 4.57. The van der Waals surface area contributed by atoms with Crippen molar-refractivity contribution in [1.29, 1.82) is 0 Å². The first-order valence-electron chi connectivity index (χ1n) is 8.26. The zero-order valence-corrected chi connectivity index (χ0v) is 14.4. The Labute approximate surface area is 142 Å². The number of benzene rings is 1. The molecule has 130 valence electrons. The standard InChI is InChI=1S/C18H24N2O4/c1-4-24-18(23)13-6-5-7-15(8-13)19-17(22)14-9-16(21)20(11-14)10-12(2)3/h5-8,12,14H,4,9-11H2,1-3H3,(H,19,22). The molecule has 0 aromatic heterocycles. The van der Waals surface area contributed by atoms with Gasteiger partial charge in [-0.3, -0.25) is 9.59 Å². The van der Waals surface area contributed by atoms with Crippen LogP contribution >= 0.6 is 0 Å². The van der Waals surface area contributed by atoms with Gasteiger partial charge >= 0.3 is 5.97 Å². The summed E-state index contributed by atoms with van der Waals surface area (Å²) in [5.41, 5.74) is 0.916. The Hall–Kier alpha value is -2.37. The van der Waals surface area contributed by atoms with E-state index in [1.165, 1.54) is 0 Å². The average molecular weight is 332 g/mol. The molecule has 1 fully saturated rings. The monoisotopic (exact) mass is 332 g/mol. The minimum Gasteiger partial charge on any atom is -0.462 e. The minimum atomic E-state index is -0.423. The summed E-state index contributed by atoms with van der Waals surface area (Å²) in [6, 6.07) is 6.62. The highest BCUT2D eigenvalue weighted by atomic mass is 16.5. The van der Waals surface area contributed by atoms with E-state index in [4.69, 9.17) is 4.74 Å². The molecule has 1 aliphatic heterocycles. The minimum absolute atomic E-state index is 0.0177. The second-order valence-electron chi connectivity index (χ2n) is 6.38. The zero-order valence-electron chi connectivity index (χ0n) is 14.4. The lowest BCUT2D eigenvalue weighted by molar-refractivity contribution is -0.128. The summed E-state index contributed by atoms with van der Waals surface area (Å²) < 4.78 is 4.95. The van der Waals surface area contributed by atoms with Crippen LogP contribution in [0.1, 0.15) is 37.6 Å². The normalized spacial score (nSPS) is 17.2. The highest BCUT2D eigenvalue weighted by Gasteiger charge is 2.34. The first-order valence-corrected chi connectivity index (χ1v) is 8.26. The maximum atomic E-state index is 12.4. The van der Waals surface area contributed by atoms with Gasteiger partial charge in [-0.25, -0.2) is 4.79 Å². The van der Waals surface area contributed by atoms with Crippen LogP contribution in [-0.2, 0) is 14.3 Å². The summed E-state index contributed by atoms with van der Waals surface area (Å²) in [5, 5.41) is 2.79. The summed E-state index contributed by atoms with van der Waals surface area (Å²) in [7, 11) is 0. The number of ether oxygens (including phenoxy) is 1. The van der Waals surface area contributed by atoms with E-state index in [0.717, 1.165) is 0 Å². The quantitative estimate of drug-likeness (QED) is 0.811. The van der Waals surface area contributed by atoms with Crippen molar-refractivity contribution in [1.82, 2.24) is 4.90 Å². The van der Waals surface area contributed by atoms with Crippen molar-refractivity contribution in [3.8, 4) is 0 Å². The van der Waals surface area contributed by atoms with Gasteiger partial charge in [-0.1, -0.05) is 19.9 Å². The lowest BCUT2D eigenvalue weighted by Crippen LogP contribution is -2.31. The van der Waals surface area contributed by atoms with Crippen LogP contribution in [0.2, 0.25) is 0 Å². The number of hydrogen-bond donors (Lipinski definition) is 1. The molecule has 2 rings (SSSR count). The van der Waals surface area contributed by atoms with Crippen molar-refractivity contribution in [2.75, 3.05) is 25.0 Å². The lowest BCUT2D eigenvalue weighted by atomic mass is 10.1. The molecule has 1 heterocycles. The van der Waals surface area contributed by atoms with E-state index in [1.807, 2.05) is 13.8 Å². The summed E-state index contributed by atoms with van der Waals surface area (Å²) >= 11 is 0. The number of anilines is 1. The Kier molecular flexibility index (Phi) is 5.95. The third-order valence-electron chi connectivity index (χ3n) is 3.81. The van der Waals surface area contributed by atoms with Gasteiger partial charge in [0.1, 0.15) is 0 Å². The molecule has 1 N–H and O–H groups in total. The van der Waals surface area contributed by atoms with Crippen LogP contribution in [0.15, 0.2) is 24.3 Å². The zero-order chi connectivity index (χ0) is 17.7. The number of likely N-dealkylation sites (tertiary alicyclic amines) is 1. The SMILES string of the molecule is CCOC(=O)c1cccc(NC(=O)C2CC(=O)N(CC(C)C)C2)c1. The summed E-state index contributed by atoms with van der Waals surface area (Å²) in [5.74, 6) is -0.591. The van der Waals surface area contributed by atoms with Gasteiger partial charge in [0, 0.05) is 25.2 Å². The van der Waals surface area contributed by atoms with Crippen LogP contribution in [0, 0.1) is 11.8 Å². The van der Waals surface area contributed by atoms with Gasteiger partial charge in [0.15, 0.2) is 0 Å². The van der Waals surface area contributed by atoms with Gasteiger partial charge in [0.2, 0.25) is 11.8 Å². The van der Waals surface area contributed by atoms with Gasteiger partial charge in [0.05, 0.1) is 18.1 Å². The van der Waals surface area contributed by atoms with Gasteiger partial charge in [-0.2, -0.15) is 0 Å². The fraction of sp³-hybridized carbons (Fsp3) is 0.500. The summed E-state index contributed by atoms with van der Waals surface area (Å²) in [6.45, 7) is 7.24. The van der Waals surface area contributed by atoms with E-state index in [-0.39, 0.29) is 24.2 Å². The molecule has 1 atom stereocenters. The number of carbonyl (C=O) groups is 3. The first kappa shape index (κ1) is 18.0. The molecule has 24 heavy (non-hydrogen) atoms. The Morgan fingerprint density at radius 1 is 1.38 bits per heavy atom. The molecule has 0 bridgehead atoms. The van der Waals surface area contributed by atoms with E-state index in [1.54, 1.807) is 36.1 Å². The number of carbonyl (C=O) groups excluding carboxylic acids is 3. The number of nitrogens with one attached hydrogen (secondary N) is 1. The largest absolute Gasteiger partial charge is 0.462 e. The Bertz CT molecular complexity index is 627. The highest BCUT2D eigenvalue weighted by Crippen LogP contribution is 2.21. The number of hydrogen-bond acceptors (Lipinski definition) is 4. The second-order valence-corrected chi connectivity index (χ2v) is 6.38. The molecule has 1 aromatic carbocycles. The van der Waals surface area contributed by atoms with E-state index in [2.05, 4.69) is 5.32 Å². The molecule has 6 heteroatoms. The lowest BCUT2D eigenvalue weighted by Gasteiger charge is -2.18. The van der Waals surface area contributed by atoms with Crippen molar-refractivity contribution >= 4 is 23.5 Å². The van der Waals surface area contributed by atoms with E-state index >= 15 is 0 Å². The highest BCUT2D eigenvalue weighted by molar-refractivity contribution is 5.98. The van der Waals surface area contributed by atoms with Gasteiger partial charge < -0.3 is 15.0 Å². The van der Waals surface area contributed by atoms with E-state index in [9.17, 15) is 14.4 Å². The predicted molar refractivity (Wildman–Crippen MR) is 90.6 cm³/mol. The maximum Gasteiger partial charge on any atom is 0.338 e. The number of amides is 2. The molecule has 1 aromatic rings. The third-order valence-corrected chi connectivity index (χ3v) is 3.81. The molecule has 0 saturated carbocycles. The van der Waals surface area contributed by atoms with Crippen LogP contribution in [0.4, 0.5) is 5.69 Å². The molecule has 0 spiro atoms. The molecule has 1 aliphatic rings. The smallest absolute Gasteiger partial charge is 0.338 e. The summed E-state index contributed by atoms with van der Waals surface area (Å²) in [6.07, 6.45) is 0.232. The number of nitrogens with zero attached hydrogens (tertiary/aromatic N) is 1. The first-order chi connectivity index (χ1) is 11.4. The van der Waals surface area contributed by atoms with Crippen LogP contribution in [0.25, 0.3) is 0 Å². The van der Waals surface area contributed by atoms with Crippen LogP contribution in [-0.4, -0.2) is 42.4 Å². The average Bonchev–Trinajstić information content (AvgIpc) is 2.88. The van der Waals surface area contributed by atoms with E-state index < -0.39 is 5.97 Å². The van der Waals surface area contributed by atoms with Crippen molar-refractivity contribution in [3.63, 3.8) is 0 Å². The molecular weight excluding hydrogens is 308 g/mol. The Morgan fingerprint density at radius 2 is 2.12 bits per heavy atom. The van der Waals surface area contributed by atoms with Crippen LogP contribution < -0.4 is 5.32 Å². The van der Waals surface area contributed by atoms with Crippen LogP contribution in [0.3, 0.4) is 0 Å². The molecular formula is C18H24N2O4. The molecule has 0 radical (unpaired) electrons. The van der Waals surface area contributed by atoms with Crippen molar-refractivity contribution < 1.29 is 19.1 Å². The number of rotatable bonds is 6. The molecule has 6 nitrogen and oxygen atoms in total. The molecule has 1 unspecified atom stereocenters. The molecule has 1 saturated heterocycles.